The monoisotopic (exact) mass is 266 g/mol. The lowest BCUT2D eigenvalue weighted by Gasteiger charge is -2.08. The van der Waals surface area contributed by atoms with Crippen LogP contribution in [0.25, 0.3) is 0 Å². The zero-order valence-electron chi connectivity index (χ0n) is 11.4. The maximum atomic E-state index is 11.0. The Bertz CT molecular complexity index is 472. The van der Waals surface area contributed by atoms with Gasteiger partial charge in [-0.3, -0.25) is 15.1 Å². The average molecular weight is 266 g/mol. The van der Waals surface area contributed by atoms with Crippen molar-refractivity contribution in [3.63, 3.8) is 0 Å². The van der Waals surface area contributed by atoms with Crippen molar-refractivity contribution in [1.82, 2.24) is 0 Å². The van der Waals surface area contributed by atoms with Crippen molar-refractivity contribution < 1.29 is 14.4 Å². The van der Waals surface area contributed by atoms with E-state index in [2.05, 4.69) is 11.9 Å². The zero-order chi connectivity index (χ0) is 14.3. The highest BCUT2D eigenvalue weighted by Crippen LogP contribution is 2.33. The van der Waals surface area contributed by atoms with Gasteiger partial charge in [0.15, 0.2) is 11.5 Å². The Balaban J connectivity index is 3.12. The lowest BCUT2D eigenvalue weighted by atomic mass is 10.1. The number of nitro benzene ring substituents is 1. The molecule has 0 spiro atoms. The van der Waals surface area contributed by atoms with Gasteiger partial charge in [-0.15, -0.1) is 0 Å². The van der Waals surface area contributed by atoms with Crippen LogP contribution < -0.4 is 9.47 Å². The van der Waals surface area contributed by atoms with E-state index in [1.165, 1.54) is 26.5 Å². The number of methoxy groups -OCH3 is 2. The molecule has 0 saturated carbocycles. The molecule has 1 aromatic carbocycles. The molecule has 0 aliphatic heterocycles. The number of nitrogens with zero attached hydrogens (tertiary/aromatic N) is 2. The molecule has 0 N–H and O–H groups in total. The van der Waals surface area contributed by atoms with E-state index in [1.54, 1.807) is 6.07 Å². The Labute approximate surface area is 112 Å². The molecule has 0 aliphatic rings. The third-order valence-corrected chi connectivity index (χ3v) is 2.60. The Kier molecular flexibility index (Phi) is 5.78. The van der Waals surface area contributed by atoms with E-state index in [9.17, 15) is 10.1 Å². The van der Waals surface area contributed by atoms with Crippen LogP contribution in [0.15, 0.2) is 17.1 Å². The first-order chi connectivity index (χ1) is 9.13. The normalized spacial score (nSPS) is 10.7. The second-order valence-corrected chi connectivity index (χ2v) is 3.91. The molecule has 0 saturated heterocycles. The summed E-state index contributed by atoms with van der Waals surface area (Å²) < 4.78 is 10.2. The SMILES string of the molecule is CCCCN=Cc1cc(OC)c(OC)cc1[N+](=O)[O-]. The minimum absolute atomic E-state index is 0.0436. The molecule has 0 atom stereocenters. The van der Waals surface area contributed by atoms with Crippen LogP contribution in [0.3, 0.4) is 0 Å². The van der Waals surface area contributed by atoms with Crippen LogP contribution in [-0.4, -0.2) is 31.9 Å². The minimum atomic E-state index is -0.455. The van der Waals surface area contributed by atoms with Gasteiger partial charge in [0.05, 0.1) is 30.8 Å². The van der Waals surface area contributed by atoms with Gasteiger partial charge in [-0.2, -0.15) is 0 Å². The third-order valence-electron chi connectivity index (χ3n) is 2.60. The molecule has 0 unspecified atom stereocenters. The molecule has 6 nitrogen and oxygen atoms in total. The molecule has 6 heteroatoms. The van der Waals surface area contributed by atoms with E-state index in [1.807, 2.05) is 0 Å². The molecule has 19 heavy (non-hydrogen) atoms. The van der Waals surface area contributed by atoms with E-state index >= 15 is 0 Å². The van der Waals surface area contributed by atoms with Gasteiger partial charge < -0.3 is 9.47 Å². The van der Waals surface area contributed by atoms with Crippen molar-refractivity contribution in [2.45, 2.75) is 19.8 Å². The summed E-state index contributed by atoms with van der Waals surface area (Å²) >= 11 is 0. The van der Waals surface area contributed by atoms with E-state index in [0.29, 0.717) is 23.6 Å². The smallest absolute Gasteiger partial charge is 0.282 e. The first kappa shape index (κ1) is 14.9. The number of nitro groups is 1. The Hall–Kier alpha value is -2.11. The molecule has 0 aliphatic carbocycles. The summed E-state index contributed by atoms with van der Waals surface area (Å²) in [4.78, 5) is 14.8. The number of hydrogen-bond donors (Lipinski definition) is 0. The number of unbranched alkanes of at least 4 members (excludes halogenated alkanes) is 1. The maximum Gasteiger partial charge on any atom is 0.282 e. The molecule has 0 aromatic heterocycles. The molecule has 104 valence electrons. The second-order valence-electron chi connectivity index (χ2n) is 3.91. The molecule has 1 aromatic rings. The van der Waals surface area contributed by atoms with Crippen molar-refractivity contribution in [2.24, 2.45) is 4.99 Å². The fourth-order valence-electron chi connectivity index (χ4n) is 1.56. The molecule has 0 radical (unpaired) electrons. The maximum absolute atomic E-state index is 11.0. The van der Waals surface area contributed by atoms with Crippen LogP contribution in [0.1, 0.15) is 25.3 Å². The van der Waals surface area contributed by atoms with Crippen LogP contribution in [0.5, 0.6) is 11.5 Å². The summed E-state index contributed by atoms with van der Waals surface area (Å²) in [6.45, 7) is 2.72. The Morgan fingerprint density at radius 1 is 1.32 bits per heavy atom. The van der Waals surface area contributed by atoms with Crippen molar-refractivity contribution >= 4 is 11.9 Å². The average Bonchev–Trinajstić information content (AvgIpc) is 2.42. The lowest BCUT2D eigenvalue weighted by molar-refractivity contribution is -0.385. The fraction of sp³-hybridized carbons (Fsp3) is 0.462. The topological polar surface area (TPSA) is 74.0 Å². The van der Waals surface area contributed by atoms with Gasteiger partial charge >= 0.3 is 0 Å². The molecular formula is C13H18N2O4. The molecule has 0 bridgehead atoms. The fourth-order valence-corrected chi connectivity index (χ4v) is 1.56. The highest BCUT2D eigenvalue weighted by Gasteiger charge is 2.18. The molecule has 0 amide bonds. The number of benzene rings is 1. The molecule has 0 fully saturated rings. The van der Waals surface area contributed by atoms with Crippen molar-refractivity contribution in [1.29, 1.82) is 0 Å². The van der Waals surface area contributed by atoms with Crippen LogP contribution in [0.2, 0.25) is 0 Å². The Morgan fingerprint density at radius 3 is 2.47 bits per heavy atom. The van der Waals surface area contributed by atoms with Gasteiger partial charge in [-0.25, -0.2) is 0 Å². The molecular weight excluding hydrogens is 248 g/mol. The minimum Gasteiger partial charge on any atom is -0.493 e. The summed E-state index contributed by atoms with van der Waals surface area (Å²) in [7, 11) is 2.93. The highest BCUT2D eigenvalue weighted by atomic mass is 16.6. The summed E-state index contributed by atoms with van der Waals surface area (Å²) in [5.41, 5.74) is 0.372. The predicted octanol–water partition coefficient (Wildman–Crippen LogP) is 2.83. The predicted molar refractivity (Wildman–Crippen MR) is 73.6 cm³/mol. The van der Waals surface area contributed by atoms with Crippen LogP contribution in [0.4, 0.5) is 5.69 Å². The largest absolute Gasteiger partial charge is 0.493 e. The summed E-state index contributed by atoms with van der Waals surface area (Å²) in [5, 5.41) is 11.0. The van der Waals surface area contributed by atoms with E-state index in [4.69, 9.17) is 9.47 Å². The third kappa shape index (κ3) is 3.94. The lowest BCUT2D eigenvalue weighted by Crippen LogP contribution is -1.99. The van der Waals surface area contributed by atoms with Gasteiger partial charge in [0.2, 0.25) is 0 Å². The molecule has 1 rings (SSSR count). The quantitative estimate of drug-likeness (QED) is 0.329. The number of rotatable bonds is 7. The van der Waals surface area contributed by atoms with Crippen LogP contribution >= 0.6 is 0 Å². The van der Waals surface area contributed by atoms with Crippen LogP contribution in [0, 0.1) is 10.1 Å². The van der Waals surface area contributed by atoms with Gasteiger partial charge in [0, 0.05) is 12.8 Å². The van der Waals surface area contributed by atoms with Gasteiger partial charge in [0.25, 0.3) is 5.69 Å². The van der Waals surface area contributed by atoms with E-state index in [-0.39, 0.29) is 5.69 Å². The molecule has 0 heterocycles. The summed E-state index contributed by atoms with van der Waals surface area (Å²) in [6.07, 6.45) is 3.50. The van der Waals surface area contributed by atoms with Crippen molar-refractivity contribution in [2.75, 3.05) is 20.8 Å². The highest BCUT2D eigenvalue weighted by molar-refractivity contribution is 5.87. The first-order valence-electron chi connectivity index (χ1n) is 6.04. The summed E-state index contributed by atoms with van der Waals surface area (Å²) in [5.74, 6) is 0.782. The van der Waals surface area contributed by atoms with Crippen LogP contribution in [-0.2, 0) is 0 Å². The number of ether oxygens (including phenoxy) is 2. The van der Waals surface area contributed by atoms with Crippen molar-refractivity contribution in [3.8, 4) is 11.5 Å². The van der Waals surface area contributed by atoms with Crippen molar-refractivity contribution in [3.05, 3.63) is 27.8 Å². The van der Waals surface area contributed by atoms with Gasteiger partial charge in [-0.05, 0) is 12.5 Å². The van der Waals surface area contributed by atoms with Gasteiger partial charge in [-0.1, -0.05) is 13.3 Å². The number of hydrogen-bond acceptors (Lipinski definition) is 5. The summed E-state index contributed by atoms with van der Waals surface area (Å²) in [6, 6.07) is 2.91. The zero-order valence-corrected chi connectivity index (χ0v) is 11.4. The number of aliphatic imine (C=N–C) groups is 1. The van der Waals surface area contributed by atoms with E-state index < -0.39 is 4.92 Å². The standard InChI is InChI=1S/C13H18N2O4/c1-4-5-6-14-9-10-7-12(18-2)13(19-3)8-11(10)15(16)17/h7-9H,4-6H2,1-3H3. The first-order valence-corrected chi connectivity index (χ1v) is 6.04. The van der Waals surface area contributed by atoms with Gasteiger partial charge in [0.1, 0.15) is 0 Å². The van der Waals surface area contributed by atoms with E-state index in [0.717, 1.165) is 12.8 Å². The second kappa shape index (κ2) is 7.35. The Morgan fingerprint density at radius 2 is 1.95 bits per heavy atom.